The lowest BCUT2D eigenvalue weighted by atomic mass is 10.00. The molecule has 2 amide bonds. The van der Waals surface area contributed by atoms with Crippen LogP contribution in [0.4, 0.5) is 14.5 Å². The molecule has 5 rings (SSSR count). The Balaban J connectivity index is 1.36. The topological polar surface area (TPSA) is 99.0 Å². The molecule has 0 spiro atoms. The first-order valence-electron chi connectivity index (χ1n) is 12.8. The maximum atomic E-state index is 15.4. The first kappa shape index (κ1) is 27.9. The molecule has 2 atom stereocenters. The number of alkyl halides is 1. The molecule has 1 aliphatic rings. The van der Waals surface area contributed by atoms with E-state index >= 15 is 4.39 Å². The van der Waals surface area contributed by atoms with Gasteiger partial charge < -0.3 is 10.2 Å². The highest BCUT2D eigenvalue weighted by molar-refractivity contribution is 6.33. The van der Waals surface area contributed by atoms with Gasteiger partial charge in [0.2, 0.25) is 11.8 Å². The Kier molecular flexibility index (Phi) is 8.04. The summed E-state index contributed by atoms with van der Waals surface area (Å²) in [5.74, 6) is -1.29. The molecule has 3 aromatic carbocycles. The summed E-state index contributed by atoms with van der Waals surface area (Å²) in [6.07, 6.45) is 1.45. The second kappa shape index (κ2) is 11.8. The van der Waals surface area contributed by atoms with Gasteiger partial charge in [0.25, 0.3) is 0 Å². The van der Waals surface area contributed by atoms with Gasteiger partial charge in [-0.05, 0) is 42.3 Å². The molecule has 10 heteroatoms. The van der Waals surface area contributed by atoms with E-state index in [-0.39, 0.29) is 30.6 Å². The second-order valence-corrected chi connectivity index (χ2v) is 10.2. The molecule has 1 fully saturated rings. The average molecular weight is 572 g/mol. The van der Waals surface area contributed by atoms with Crippen LogP contribution in [-0.2, 0) is 16.0 Å². The van der Waals surface area contributed by atoms with Gasteiger partial charge >= 0.3 is 0 Å². The van der Waals surface area contributed by atoms with E-state index in [0.29, 0.717) is 38.7 Å². The van der Waals surface area contributed by atoms with Gasteiger partial charge in [0, 0.05) is 40.5 Å². The van der Waals surface area contributed by atoms with Crippen LogP contribution in [0.25, 0.3) is 22.3 Å². The number of carbonyl (C=O) groups excluding carboxylic acids is 2. The normalized spacial score (nSPS) is 16.3. The van der Waals surface area contributed by atoms with Crippen LogP contribution in [0.5, 0.6) is 0 Å². The maximum Gasteiger partial charge on any atom is 0.247 e. The number of benzene rings is 3. The first-order chi connectivity index (χ1) is 19.7. The van der Waals surface area contributed by atoms with Crippen LogP contribution in [0, 0.1) is 24.1 Å². The number of aryl methyl sites for hydroxylation is 1. The Hall–Kier alpha value is -4.68. The average Bonchev–Trinajstić information content (AvgIpc) is 3.37. The number of nitrogens with zero attached hydrogens (tertiary/aromatic N) is 4. The molecular formula is C31H24ClF2N5O2. The summed E-state index contributed by atoms with van der Waals surface area (Å²) < 4.78 is 30.0. The lowest BCUT2D eigenvalue weighted by Crippen LogP contribution is -2.44. The number of halogens is 3. The summed E-state index contributed by atoms with van der Waals surface area (Å²) in [6, 6.07) is 17.2. The van der Waals surface area contributed by atoms with Crippen molar-refractivity contribution in [3.05, 3.63) is 101 Å². The summed E-state index contributed by atoms with van der Waals surface area (Å²) >= 11 is 6.23. The van der Waals surface area contributed by atoms with Gasteiger partial charge in [0.1, 0.15) is 18.0 Å². The third-order valence-electron chi connectivity index (χ3n) is 6.89. The van der Waals surface area contributed by atoms with Crippen molar-refractivity contribution in [3.8, 4) is 28.3 Å². The lowest BCUT2D eigenvalue weighted by Gasteiger charge is -2.24. The number of anilines is 1. The largest absolute Gasteiger partial charge is 0.327 e. The SMILES string of the molecule is Cc1ncc(-c2cc(C#N)cc(CC(=O)N3C[C@H](F)C[C@H]3C(=O)Nc3cccc(-c4ccccc4Cl)c3F)c2)cn1. The fourth-order valence-corrected chi connectivity index (χ4v) is 5.12. The van der Waals surface area contributed by atoms with E-state index < -0.39 is 29.8 Å². The standard InChI is InChI=1S/C31H24ClF2N5O2/c1-18-36-15-22(16-37-18)21-10-19(9-20(11-21)14-35)12-29(40)39-17-23(33)13-28(39)31(41)38-27-8-4-6-25(30(27)34)24-5-2-3-7-26(24)32/h2-11,15-16,23,28H,12-13,17H2,1H3,(H,38,41)/t23-,28+/m1/s1. The van der Waals surface area contributed by atoms with Crippen LogP contribution in [0.1, 0.15) is 23.4 Å². The number of nitriles is 1. The first-order valence-corrected chi connectivity index (χ1v) is 13.2. The van der Waals surface area contributed by atoms with Crippen molar-refractivity contribution in [2.45, 2.75) is 32.0 Å². The van der Waals surface area contributed by atoms with E-state index in [9.17, 15) is 19.2 Å². The van der Waals surface area contributed by atoms with Crippen LogP contribution in [0.2, 0.25) is 5.02 Å². The lowest BCUT2D eigenvalue weighted by molar-refractivity contribution is -0.136. The minimum absolute atomic E-state index is 0.103. The van der Waals surface area contributed by atoms with Crippen molar-refractivity contribution in [2.24, 2.45) is 0 Å². The summed E-state index contributed by atoms with van der Waals surface area (Å²) in [6.45, 7) is 1.49. The van der Waals surface area contributed by atoms with Crippen LogP contribution in [-0.4, -0.2) is 45.4 Å². The third-order valence-corrected chi connectivity index (χ3v) is 7.21. The Morgan fingerprint density at radius 1 is 1.07 bits per heavy atom. The maximum absolute atomic E-state index is 15.4. The van der Waals surface area contributed by atoms with Crippen molar-refractivity contribution in [3.63, 3.8) is 0 Å². The highest BCUT2D eigenvalue weighted by atomic mass is 35.5. The summed E-state index contributed by atoms with van der Waals surface area (Å²) in [7, 11) is 0. The van der Waals surface area contributed by atoms with E-state index in [4.69, 9.17) is 11.6 Å². The quantitative estimate of drug-likeness (QED) is 0.310. The van der Waals surface area contributed by atoms with Crippen LogP contribution >= 0.6 is 11.6 Å². The zero-order valence-electron chi connectivity index (χ0n) is 21.9. The van der Waals surface area contributed by atoms with E-state index in [1.54, 1.807) is 73.9 Å². The molecule has 1 N–H and O–H groups in total. The number of hydrogen-bond acceptors (Lipinski definition) is 5. The van der Waals surface area contributed by atoms with Crippen LogP contribution in [0.3, 0.4) is 0 Å². The van der Waals surface area contributed by atoms with E-state index in [0.717, 1.165) is 0 Å². The smallest absolute Gasteiger partial charge is 0.247 e. The van der Waals surface area contributed by atoms with Crippen LogP contribution in [0.15, 0.2) is 73.1 Å². The molecule has 1 aliphatic heterocycles. The molecule has 0 saturated carbocycles. The monoisotopic (exact) mass is 571 g/mol. The number of rotatable bonds is 6. The summed E-state index contributed by atoms with van der Waals surface area (Å²) in [4.78, 5) is 36.1. The molecule has 1 saturated heterocycles. The van der Waals surface area contributed by atoms with E-state index in [2.05, 4.69) is 21.4 Å². The number of aromatic nitrogens is 2. The summed E-state index contributed by atoms with van der Waals surface area (Å²) in [5.41, 5.74) is 2.73. The van der Waals surface area contributed by atoms with E-state index in [1.165, 1.54) is 11.0 Å². The third kappa shape index (κ3) is 6.08. The Morgan fingerprint density at radius 3 is 2.54 bits per heavy atom. The van der Waals surface area contributed by atoms with Gasteiger partial charge in [-0.2, -0.15) is 5.26 Å². The minimum Gasteiger partial charge on any atom is -0.327 e. The minimum atomic E-state index is -1.42. The number of likely N-dealkylation sites (tertiary alicyclic amines) is 1. The molecule has 4 aromatic rings. The predicted octanol–water partition coefficient (Wildman–Crippen LogP) is 5.90. The Bertz CT molecular complexity index is 1670. The molecular weight excluding hydrogens is 548 g/mol. The van der Waals surface area contributed by atoms with Gasteiger partial charge in [-0.1, -0.05) is 48.0 Å². The van der Waals surface area contributed by atoms with Crippen molar-refractivity contribution >= 4 is 29.1 Å². The zero-order valence-corrected chi connectivity index (χ0v) is 22.7. The molecule has 41 heavy (non-hydrogen) atoms. The Morgan fingerprint density at radius 2 is 1.80 bits per heavy atom. The van der Waals surface area contributed by atoms with Gasteiger partial charge in [-0.3, -0.25) is 9.59 Å². The second-order valence-electron chi connectivity index (χ2n) is 9.76. The Labute approximate surface area is 240 Å². The molecule has 7 nitrogen and oxygen atoms in total. The molecule has 1 aromatic heterocycles. The van der Waals surface area contributed by atoms with Crippen molar-refractivity contribution in [1.82, 2.24) is 14.9 Å². The number of nitrogens with one attached hydrogen (secondary N) is 1. The van der Waals surface area contributed by atoms with Gasteiger partial charge in [-0.15, -0.1) is 0 Å². The van der Waals surface area contributed by atoms with Gasteiger partial charge in [-0.25, -0.2) is 18.7 Å². The van der Waals surface area contributed by atoms with Crippen LogP contribution < -0.4 is 5.32 Å². The molecule has 0 bridgehead atoms. The van der Waals surface area contributed by atoms with Crippen molar-refractivity contribution in [1.29, 1.82) is 5.26 Å². The summed E-state index contributed by atoms with van der Waals surface area (Å²) in [5, 5.41) is 12.4. The molecule has 206 valence electrons. The fraction of sp³-hybridized carbons (Fsp3) is 0.194. The molecule has 0 radical (unpaired) electrons. The number of carbonyl (C=O) groups is 2. The molecule has 2 heterocycles. The predicted molar refractivity (Wildman–Crippen MR) is 151 cm³/mol. The highest BCUT2D eigenvalue weighted by Gasteiger charge is 2.40. The number of amides is 2. The number of hydrogen-bond donors (Lipinski definition) is 1. The zero-order chi connectivity index (χ0) is 29.1. The van der Waals surface area contributed by atoms with Crippen molar-refractivity contribution < 1.29 is 18.4 Å². The molecule has 0 aliphatic carbocycles. The van der Waals surface area contributed by atoms with Crippen molar-refractivity contribution in [2.75, 3.05) is 11.9 Å². The van der Waals surface area contributed by atoms with E-state index in [1.807, 2.05) is 0 Å². The molecule has 0 unspecified atom stereocenters. The fourth-order valence-electron chi connectivity index (χ4n) is 4.88. The van der Waals surface area contributed by atoms with Gasteiger partial charge in [0.15, 0.2) is 5.82 Å². The van der Waals surface area contributed by atoms with Gasteiger partial charge in [0.05, 0.1) is 30.3 Å². The highest BCUT2D eigenvalue weighted by Crippen LogP contribution is 2.33.